The van der Waals surface area contributed by atoms with Gasteiger partial charge in [-0.05, 0) is 0 Å². The van der Waals surface area contributed by atoms with E-state index in [-0.39, 0.29) is 27.7 Å². The van der Waals surface area contributed by atoms with Crippen LogP contribution in [0.5, 0.6) is 0 Å². The molecule has 0 aliphatic rings. The number of rotatable bonds is 0. The Morgan fingerprint density at radius 3 is 1.00 bits per heavy atom. The molecule has 8 nitrogen and oxygen atoms in total. The van der Waals surface area contributed by atoms with Gasteiger partial charge in [0.1, 0.15) is 0 Å². The summed E-state index contributed by atoms with van der Waals surface area (Å²) >= 11 is 0. The molecular weight excluding hydrogens is 325 g/mol. The van der Waals surface area contributed by atoms with Gasteiger partial charge in [-0.3, -0.25) is 0 Å². The van der Waals surface area contributed by atoms with Crippen molar-refractivity contribution in [2.75, 3.05) is 0 Å². The first-order valence-corrected chi connectivity index (χ1v) is 1.13. The molecule has 50 valence electrons. The van der Waals surface area contributed by atoms with Crippen LogP contribution in [-0.4, -0.2) is 20.6 Å². The molecule has 9 heteroatoms. The first kappa shape index (κ1) is 15.8. The van der Waals surface area contributed by atoms with Crippen LogP contribution >= 0.6 is 0 Å². The summed E-state index contributed by atoms with van der Waals surface area (Å²) in [6.07, 6.45) is 0. The molecule has 0 rings (SSSR count). The molecule has 0 aromatic carbocycles. The van der Waals surface area contributed by atoms with Crippen molar-refractivity contribution >= 4 is 0 Å². The van der Waals surface area contributed by atoms with Crippen molar-refractivity contribution in [3.63, 3.8) is 0 Å². The van der Waals surface area contributed by atoms with E-state index in [0.29, 0.717) is 0 Å². The van der Waals surface area contributed by atoms with Crippen LogP contribution in [0, 0.1) is 20.2 Å². The molecule has 0 fully saturated rings. The van der Waals surface area contributed by atoms with Gasteiger partial charge in [0.25, 0.3) is 10.2 Å². The Bertz CT molecular complexity index is 69.1. The molecule has 0 amide bonds. The first-order chi connectivity index (χ1) is 3.46. The van der Waals surface area contributed by atoms with Gasteiger partial charge in [0, 0.05) is 27.7 Å². The van der Waals surface area contributed by atoms with Gasteiger partial charge in [0.15, 0.2) is 0 Å². The van der Waals surface area contributed by atoms with Crippen molar-refractivity contribution < 1.29 is 48.3 Å². The largest absolute Gasteiger partial charge is 0.328 e. The van der Waals surface area contributed by atoms with Gasteiger partial charge in [-0.1, -0.05) is 0 Å². The molecule has 0 heterocycles. The Balaban J connectivity index is -0.0000000720. The fraction of sp³-hybridized carbons (Fsp3) is 0. The minimum atomic E-state index is -1.50. The molecule has 0 spiro atoms. The minimum absolute atomic E-state index is 0. The van der Waals surface area contributed by atoms with Crippen LogP contribution in [0.15, 0.2) is 0 Å². The zero-order valence-electron chi connectivity index (χ0n) is 4.13. The summed E-state index contributed by atoms with van der Waals surface area (Å²) in [7, 11) is 0. The summed E-state index contributed by atoms with van der Waals surface area (Å²) in [4.78, 5) is 16.7. The summed E-state index contributed by atoms with van der Waals surface area (Å²) in [5.74, 6) is 0. The van der Waals surface area contributed by atoms with Gasteiger partial charge in [-0.2, -0.15) is 0 Å². The van der Waals surface area contributed by atoms with Crippen LogP contribution in [0.25, 0.3) is 0 Å². The monoisotopic (exact) mass is 328 g/mol. The van der Waals surface area contributed by atoms with E-state index in [9.17, 15) is 0 Å². The summed E-state index contributed by atoms with van der Waals surface area (Å²) in [5, 5.41) is 27.3. The molecule has 0 saturated heterocycles. The second-order valence-electron chi connectivity index (χ2n) is 0.476. The van der Waals surface area contributed by atoms with E-state index < -0.39 is 10.2 Å². The van der Waals surface area contributed by atoms with E-state index in [1.807, 2.05) is 0 Å². The Labute approximate surface area is 68.8 Å². The predicted molar refractivity (Wildman–Crippen MR) is 17.6 cm³/mol. The third kappa shape index (κ3) is 472. The molecule has 0 bridgehead atoms. The van der Waals surface area contributed by atoms with Crippen LogP contribution in [0.3, 0.4) is 0 Å². The Morgan fingerprint density at radius 2 is 1.00 bits per heavy atom. The predicted octanol–water partition coefficient (Wildman–Crippen LogP) is -0.698. The van der Waals surface area contributed by atoms with Gasteiger partial charge in [0.2, 0.25) is 0 Å². The first-order valence-electron chi connectivity index (χ1n) is 1.13. The summed E-state index contributed by atoms with van der Waals surface area (Å²) in [6, 6.07) is 0. The summed E-state index contributed by atoms with van der Waals surface area (Å²) < 4.78 is 0. The topological polar surface area (TPSA) is 127 Å². The van der Waals surface area contributed by atoms with Gasteiger partial charge >= 0.3 is 0 Å². The van der Waals surface area contributed by atoms with Crippen LogP contribution in [0.1, 0.15) is 0 Å². The standard InChI is InChI=1S/Hg.2HNO3/c;2*2-1(3)4/h;2*(H,2,3,4). The zero-order valence-corrected chi connectivity index (χ0v) is 9.63. The fourth-order valence-electron chi connectivity index (χ4n) is 0. The average molecular weight is 327 g/mol. The molecule has 0 saturated carbocycles. The van der Waals surface area contributed by atoms with Crippen LogP contribution < -0.4 is 0 Å². The van der Waals surface area contributed by atoms with E-state index in [1.165, 1.54) is 0 Å². The third-order valence-corrected chi connectivity index (χ3v) is 0. The van der Waals surface area contributed by atoms with Gasteiger partial charge in [-0.15, -0.1) is 20.2 Å². The van der Waals surface area contributed by atoms with Gasteiger partial charge in [0.05, 0.1) is 0 Å². The van der Waals surface area contributed by atoms with Gasteiger partial charge < -0.3 is 10.4 Å². The van der Waals surface area contributed by atoms with Crippen molar-refractivity contribution in [3.05, 3.63) is 20.2 Å². The smallest absolute Gasteiger partial charge is 0.291 e. The van der Waals surface area contributed by atoms with E-state index in [4.69, 9.17) is 30.6 Å². The van der Waals surface area contributed by atoms with Crippen molar-refractivity contribution in [2.24, 2.45) is 0 Å². The minimum Gasteiger partial charge on any atom is -0.328 e. The van der Waals surface area contributed by atoms with Crippen LogP contribution in [0.2, 0.25) is 0 Å². The molecule has 9 heavy (non-hydrogen) atoms. The van der Waals surface area contributed by atoms with Gasteiger partial charge in [-0.25, -0.2) is 0 Å². The molecule has 0 radical (unpaired) electrons. The molecule has 0 aliphatic heterocycles. The number of nitrogens with zero attached hydrogens (tertiary/aromatic N) is 2. The maximum Gasteiger partial charge on any atom is 0.291 e. The second kappa shape index (κ2) is 10.3. The normalized spacial score (nSPS) is 5.33. The maximum atomic E-state index is 8.36. The third-order valence-electron chi connectivity index (χ3n) is 0. The van der Waals surface area contributed by atoms with E-state index in [0.717, 1.165) is 0 Å². The number of hydrogen-bond donors (Lipinski definition) is 2. The van der Waals surface area contributed by atoms with Crippen molar-refractivity contribution in [3.8, 4) is 0 Å². The maximum absolute atomic E-state index is 8.36. The average Bonchev–Trinajstić information content (AvgIpc) is 1.25. The van der Waals surface area contributed by atoms with Crippen molar-refractivity contribution in [1.29, 1.82) is 0 Å². The molecule has 0 aliphatic carbocycles. The van der Waals surface area contributed by atoms with Crippen LogP contribution in [-0.2, 0) is 27.7 Å². The summed E-state index contributed by atoms with van der Waals surface area (Å²) in [6.45, 7) is 0. The molecule has 0 atom stereocenters. The SMILES string of the molecule is O=[N+]([O-])O.O=[N+]([O-])O.[Hg]. The second-order valence-corrected chi connectivity index (χ2v) is 0.476. The Hall–Kier alpha value is -0.665. The molecule has 0 unspecified atom stereocenters. The van der Waals surface area contributed by atoms with E-state index in [1.54, 1.807) is 0 Å². The Morgan fingerprint density at radius 1 is 1.00 bits per heavy atom. The van der Waals surface area contributed by atoms with E-state index in [2.05, 4.69) is 0 Å². The fourth-order valence-corrected chi connectivity index (χ4v) is 0. The van der Waals surface area contributed by atoms with Crippen LogP contribution in [0.4, 0.5) is 0 Å². The quantitative estimate of drug-likeness (QED) is 0.344. The summed E-state index contributed by atoms with van der Waals surface area (Å²) in [5.41, 5.74) is 0. The van der Waals surface area contributed by atoms with Crippen molar-refractivity contribution in [2.45, 2.75) is 0 Å². The molecule has 0 aromatic heterocycles. The number of hydrogen-bond acceptors (Lipinski definition) is 4. The molecule has 2 N–H and O–H groups in total. The van der Waals surface area contributed by atoms with E-state index >= 15 is 0 Å². The zero-order chi connectivity index (χ0) is 7.15. The van der Waals surface area contributed by atoms with Crippen molar-refractivity contribution in [1.82, 2.24) is 0 Å². The Kier molecular flexibility index (Phi) is 18.1. The molecule has 0 aromatic rings. The molecular formula is H2HgN2O6.